The van der Waals surface area contributed by atoms with E-state index in [4.69, 9.17) is 4.84 Å². The highest BCUT2D eigenvalue weighted by Gasteiger charge is 2.14. The number of allylic oxidation sites excluding steroid dienone is 1. The van der Waals surface area contributed by atoms with Crippen molar-refractivity contribution in [2.75, 3.05) is 27.2 Å². The highest BCUT2D eigenvalue weighted by molar-refractivity contribution is 5.98. The third-order valence-corrected chi connectivity index (χ3v) is 4.55. The fourth-order valence-corrected chi connectivity index (χ4v) is 3.23. The Balaban J connectivity index is 1.92. The van der Waals surface area contributed by atoms with Gasteiger partial charge in [0.05, 0.1) is 12.4 Å². The van der Waals surface area contributed by atoms with Crippen molar-refractivity contribution in [3.05, 3.63) is 83.9 Å². The van der Waals surface area contributed by atoms with Gasteiger partial charge in [0.1, 0.15) is 6.61 Å². The number of hydrogen-bond donors (Lipinski definition) is 0. The first-order valence-electron chi connectivity index (χ1n) is 9.71. The maximum absolute atomic E-state index is 5.77. The van der Waals surface area contributed by atoms with Crippen LogP contribution in [0, 0.1) is 0 Å². The first-order valence-corrected chi connectivity index (χ1v) is 9.71. The molecule has 0 N–H and O–H groups in total. The molecule has 3 rings (SSSR count). The Bertz CT molecular complexity index is 844. The molecule has 0 aliphatic carbocycles. The molecule has 0 fully saturated rings. The maximum atomic E-state index is 5.77. The van der Waals surface area contributed by atoms with E-state index in [1.165, 1.54) is 16.7 Å². The van der Waals surface area contributed by atoms with Crippen molar-refractivity contribution < 1.29 is 4.84 Å². The minimum atomic E-state index is 0.638. The Labute approximate surface area is 167 Å². The van der Waals surface area contributed by atoms with E-state index in [1.54, 1.807) is 11.0 Å². The zero-order valence-electron chi connectivity index (χ0n) is 16.9. The van der Waals surface area contributed by atoms with Crippen molar-refractivity contribution in [1.82, 2.24) is 19.8 Å². The Morgan fingerprint density at radius 2 is 1.79 bits per heavy atom. The van der Waals surface area contributed by atoms with Gasteiger partial charge >= 0.3 is 0 Å². The molecule has 2 heterocycles. The van der Waals surface area contributed by atoms with E-state index in [9.17, 15) is 0 Å². The molecule has 0 radical (unpaired) electrons. The number of hydrogen-bond acceptors (Lipinski definition) is 4. The summed E-state index contributed by atoms with van der Waals surface area (Å²) in [7, 11) is 4.13. The number of rotatable bonds is 9. The van der Waals surface area contributed by atoms with Crippen LogP contribution in [-0.4, -0.2) is 47.1 Å². The molecule has 0 aliphatic rings. The Hall–Kier alpha value is -2.92. The van der Waals surface area contributed by atoms with Crippen molar-refractivity contribution in [1.29, 1.82) is 0 Å². The summed E-state index contributed by atoms with van der Waals surface area (Å²) in [4.78, 5) is 13.8. The SMILES string of the molecule is CC/C(=C(\c1ccccc1)c1cccnc1)c1cnn(OCCCN(C)C)c1. The molecule has 146 valence electrons. The average Bonchev–Trinajstić information content (AvgIpc) is 3.19. The van der Waals surface area contributed by atoms with Crippen LogP contribution in [0.25, 0.3) is 11.1 Å². The molecule has 28 heavy (non-hydrogen) atoms. The van der Waals surface area contributed by atoms with E-state index in [-0.39, 0.29) is 0 Å². The van der Waals surface area contributed by atoms with E-state index in [2.05, 4.69) is 66.3 Å². The molecule has 1 aromatic carbocycles. The molecule has 5 heteroatoms. The van der Waals surface area contributed by atoms with Crippen LogP contribution >= 0.6 is 0 Å². The van der Waals surface area contributed by atoms with E-state index in [1.807, 2.05) is 30.7 Å². The van der Waals surface area contributed by atoms with Crippen LogP contribution in [0.1, 0.15) is 36.5 Å². The monoisotopic (exact) mass is 376 g/mol. The van der Waals surface area contributed by atoms with Gasteiger partial charge < -0.3 is 9.74 Å². The van der Waals surface area contributed by atoms with E-state index in [0.717, 1.165) is 30.5 Å². The van der Waals surface area contributed by atoms with Crippen molar-refractivity contribution in [3.8, 4) is 0 Å². The van der Waals surface area contributed by atoms with Crippen LogP contribution in [0.15, 0.2) is 67.3 Å². The molecule has 0 aliphatic heterocycles. The summed E-state index contributed by atoms with van der Waals surface area (Å²) in [5.41, 5.74) is 5.75. The van der Waals surface area contributed by atoms with Crippen molar-refractivity contribution in [3.63, 3.8) is 0 Å². The van der Waals surface area contributed by atoms with Gasteiger partial charge in [0.25, 0.3) is 0 Å². The second kappa shape index (κ2) is 9.85. The molecule has 0 saturated carbocycles. The third-order valence-electron chi connectivity index (χ3n) is 4.55. The summed E-state index contributed by atoms with van der Waals surface area (Å²) in [6.07, 6.45) is 9.41. The summed E-state index contributed by atoms with van der Waals surface area (Å²) in [5.74, 6) is 0. The maximum Gasteiger partial charge on any atom is 0.118 e. The predicted molar refractivity (Wildman–Crippen MR) is 114 cm³/mol. The van der Waals surface area contributed by atoms with E-state index >= 15 is 0 Å². The smallest absolute Gasteiger partial charge is 0.118 e. The van der Waals surface area contributed by atoms with Crippen LogP contribution in [0.2, 0.25) is 0 Å². The summed E-state index contributed by atoms with van der Waals surface area (Å²) in [6.45, 7) is 3.80. The van der Waals surface area contributed by atoms with Gasteiger partial charge in [-0.1, -0.05) is 43.3 Å². The Morgan fingerprint density at radius 3 is 2.46 bits per heavy atom. The molecule has 5 nitrogen and oxygen atoms in total. The topological polar surface area (TPSA) is 43.2 Å². The molecule has 0 amide bonds. The predicted octanol–water partition coefficient (Wildman–Crippen LogP) is 4.03. The highest BCUT2D eigenvalue weighted by atomic mass is 16.7. The van der Waals surface area contributed by atoms with Crippen LogP contribution in [0.3, 0.4) is 0 Å². The first-order chi connectivity index (χ1) is 13.7. The summed E-state index contributed by atoms with van der Waals surface area (Å²) in [5, 5.41) is 4.40. The van der Waals surface area contributed by atoms with E-state index < -0.39 is 0 Å². The summed E-state index contributed by atoms with van der Waals surface area (Å²) >= 11 is 0. The highest BCUT2D eigenvalue weighted by Crippen LogP contribution is 2.33. The number of nitrogens with zero attached hydrogens (tertiary/aromatic N) is 4. The van der Waals surface area contributed by atoms with Gasteiger partial charge in [-0.2, -0.15) is 0 Å². The normalized spacial score (nSPS) is 12.1. The van der Waals surface area contributed by atoms with Gasteiger partial charge in [-0.25, -0.2) is 0 Å². The lowest BCUT2D eigenvalue weighted by Crippen LogP contribution is -2.19. The molecule has 0 bridgehead atoms. The standard InChI is InChI=1S/C23H28N4O/c1-4-22(21-17-25-27(18-21)28-15-9-14-26(2)3)23(19-10-6-5-7-11-19)20-12-8-13-24-16-20/h5-8,10-13,16-18H,4,9,14-15H2,1-3H3/b23-22-. The van der Waals surface area contributed by atoms with E-state index in [0.29, 0.717) is 6.61 Å². The van der Waals surface area contributed by atoms with Gasteiger partial charge in [0.15, 0.2) is 0 Å². The van der Waals surface area contributed by atoms with Crippen molar-refractivity contribution >= 4 is 11.1 Å². The fraction of sp³-hybridized carbons (Fsp3) is 0.304. The third kappa shape index (κ3) is 5.08. The summed E-state index contributed by atoms with van der Waals surface area (Å²) < 4.78 is 0. The van der Waals surface area contributed by atoms with Crippen molar-refractivity contribution in [2.45, 2.75) is 19.8 Å². The molecule has 2 aromatic heterocycles. The largest absolute Gasteiger partial charge is 0.397 e. The molecule has 0 saturated heterocycles. The minimum Gasteiger partial charge on any atom is -0.397 e. The van der Waals surface area contributed by atoms with Crippen LogP contribution in [-0.2, 0) is 0 Å². The van der Waals surface area contributed by atoms with Gasteiger partial charge in [-0.05, 0) is 49.7 Å². The molecule has 0 atom stereocenters. The van der Waals surface area contributed by atoms with Gasteiger partial charge in [0.2, 0.25) is 0 Å². The van der Waals surface area contributed by atoms with Gasteiger partial charge in [-0.3, -0.25) is 4.98 Å². The zero-order valence-corrected chi connectivity index (χ0v) is 16.9. The molecular weight excluding hydrogens is 348 g/mol. The lowest BCUT2D eigenvalue weighted by molar-refractivity contribution is 0.0770. The zero-order chi connectivity index (χ0) is 19.8. The Morgan fingerprint density at radius 1 is 1.00 bits per heavy atom. The number of pyridine rings is 1. The lowest BCUT2D eigenvalue weighted by Gasteiger charge is -2.14. The van der Waals surface area contributed by atoms with Crippen LogP contribution in [0.4, 0.5) is 0 Å². The molecule has 3 aromatic rings. The first kappa shape index (κ1) is 19.8. The second-order valence-electron chi connectivity index (χ2n) is 6.94. The fourth-order valence-electron chi connectivity index (χ4n) is 3.23. The molecular formula is C23H28N4O. The summed E-state index contributed by atoms with van der Waals surface area (Å²) in [6, 6.07) is 14.5. The van der Waals surface area contributed by atoms with Gasteiger partial charge in [0, 0.05) is 30.1 Å². The van der Waals surface area contributed by atoms with Gasteiger partial charge in [-0.15, -0.1) is 9.94 Å². The average molecular weight is 377 g/mol. The Kier molecular flexibility index (Phi) is 6.98. The van der Waals surface area contributed by atoms with Crippen LogP contribution in [0.5, 0.6) is 0 Å². The lowest BCUT2D eigenvalue weighted by atomic mass is 9.90. The quantitative estimate of drug-likeness (QED) is 0.529. The van der Waals surface area contributed by atoms with Crippen LogP contribution < -0.4 is 4.84 Å². The van der Waals surface area contributed by atoms with Crippen molar-refractivity contribution in [2.24, 2.45) is 0 Å². The number of aromatic nitrogens is 3. The second-order valence-corrected chi connectivity index (χ2v) is 6.94. The number of benzene rings is 1. The minimum absolute atomic E-state index is 0.638. The molecule has 0 unspecified atom stereocenters. The molecule has 0 spiro atoms.